The molecule has 2 unspecified atom stereocenters. The summed E-state index contributed by atoms with van der Waals surface area (Å²) in [6, 6.07) is 9.21. The van der Waals surface area contributed by atoms with Gasteiger partial charge in [-0.05, 0) is 30.6 Å². The lowest BCUT2D eigenvalue weighted by Gasteiger charge is -2.36. The Morgan fingerprint density at radius 2 is 2.11 bits per heavy atom. The number of hydrogen-bond donors (Lipinski definition) is 1. The summed E-state index contributed by atoms with van der Waals surface area (Å²) in [6.45, 7) is 6.95. The van der Waals surface area contributed by atoms with Crippen LogP contribution in [0.1, 0.15) is 38.8 Å². The average Bonchev–Trinajstić information content (AvgIpc) is 2.37. The van der Waals surface area contributed by atoms with E-state index in [0.717, 1.165) is 5.75 Å². The molecular formula is C16H25NOS. The van der Waals surface area contributed by atoms with Gasteiger partial charge in [-0.3, -0.25) is 0 Å². The summed E-state index contributed by atoms with van der Waals surface area (Å²) in [4.78, 5) is 0. The van der Waals surface area contributed by atoms with E-state index in [1.54, 1.807) is 7.11 Å². The number of benzene rings is 1. The van der Waals surface area contributed by atoms with E-state index in [4.69, 9.17) is 4.74 Å². The summed E-state index contributed by atoms with van der Waals surface area (Å²) in [5, 5.41) is 3.76. The molecule has 0 saturated carbocycles. The summed E-state index contributed by atoms with van der Waals surface area (Å²) in [5.41, 5.74) is 1.69. The fraction of sp³-hybridized carbons (Fsp3) is 0.625. The van der Waals surface area contributed by atoms with E-state index < -0.39 is 0 Å². The minimum atomic E-state index is 0.329. The monoisotopic (exact) mass is 279 g/mol. The van der Waals surface area contributed by atoms with Crippen molar-refractivity contribution in [2.75, 3.05) is 18.6 Å². The molecule has 0 bridgehead atoms. The molecule has 19 heavy (non-hydrogen) atoms. The molecule has 3 heteroatoms. The topological polar surface area (TPSA) is 21.3 Å². The van der Waals surface area contributed by atoms with Crippen LogP contribution in [0.5, 0.6) is 5.75 Å². The molecule has 1 heterocycles. The fourth-order valence-corrected chi connectivity index (χ4v) is 4.12. The van der Waals surface area contributed by atoms with E-state index >= 15 is 0 Å². The Labute approximate surface area is 121 Å². The Kier molecular flexibility index (Phi) is 4.80. The van der Waals surface area contributed by atoms with Crippen molar-refractivity contribution in [2.24, 2.45) is 5.41 Å². The Morgan fingerprint density at radius 3 is 2.79 bits per heavy atom. The second-order valence-corrected chi connectivity index (χ2v) is 7.24. The zero-order valence-corrected chi connectivity index (χ0v) is 13.2. The summed E-state index contributed by atoms with van der Waals surface area (Å²) >= 11 is 2.06. The van der Waals surface area contributed by atoms with Gasteiger partial charge in [-0.1, -0.05) is 32.0 Å². The number of rotatable bonds is 4. The molecule has 2 rings (SSSR count). The Morgan fingerprint density at radius 1 is 1.37 bits per heavy atom. The van der Waals surface area contributed by atoms with Crippen LogP contribution < -0.4 is 10.1 Å². The highest BCUT2D eigenvalue weighted by molar-refractivity contribution is 7.99. The quantitative estimate of drug-likeness (QED) is 0.904. The van der Waals surface area contributed by atoms with Crippen LogP contribution in [0, 0.1) is 5.41 Å². The van der Waals surface area contributed by atoms with Crippen LogP contribution in [0.15, 0.2) is 24.3 Å². The highest BCUT2D eigenvalue weighted by Crippen LogP contribution is 2.35. The third-order valence-electron chi connectivity index (χ3n) is 3.70. The van der Waals surface area contributed by atoms with Gasteiger partial charge in [-0.15, -0.1) is 0 Å². The molecule has 0 aliphatic carbocycles. The molecule has 2 nitrogen and oxygen atoms in total. The third-order valence-corrected chi connectivity index (χ3v) is 5.33. The van der Waals surface area contributed by atoms with Crippen molar-refractivity contribution in [2.45, 2.75) is 39.3 Å². The average molecular weight is 279 g/mol. The molecule has 0 aromatic heterocycles. The molecular weight excluding hydrogens is 254 g/mol. The molecule has 1 aliphatic heterocycles. The molecule has 106 valence electrons. The number of methoxy groups -OCH3 is 1. The largest absolute Gasteiger partial charge is 0.496 e. The zero-order valence-electron chi connectivity index (χ0n) is 12.4. The van der Waals surface area contributed by atoms with Crippen LogP contribution in [0.3, 0.4) is 0 Å². The first kappa shape index (κ1) is 14.7. The molecule has 0 radical (unpaired) electrons. The van der Waals surface area contributed by atoms with Crippen molar-refractivity contribution in [3.63, 3.8) is 0 Å². The van der Waals surface area contributed by atoms with Crippen molar-refractivity contribution in [1.82, 2.24) is 5.32 Å². The summed E-state index contributed by atoms with van der Waals surface area (Å²) in [5.74, 6) is 3.46. The molecule has 1 aromatic rings. The Bertz CT molecular complexity index is 419. The lowest BCUT2D eigenvalue weighted by atomic mass is 9.87. The van der Waals surface area contributed by atoms with E-state index in [2.05, 4.69) is 50.0 Å². The summed E-state index contributed by atoms with van der Waals surface area (Å²) in [6.07, 6.45) is 1.25. The van der Waals surface area contributed by atoms with E-state index in [1.165, 1.54) is 23.5 Å². The maximum absolute atomic E-state index is 5.45. The number of hydrogen-bond acceptors (Lipinski definition) is 3. The van der Waals surface area contributed by atoms with Gasteiger partial charge < -0.3 is 10.1 Å². The number of ether oxygens (including phenoxy) is 1. The van der Waals surface area contributed by atoms with Gasteiger partial charge >= 0.3 is 0 Å². The minimum Gasteiger partial charge on any atom is -0.496 e. The fourth-order valence-electron chi connectivity index (χ4n) is 2.84. The molecule has 1 aliphatic rings. The number of para-hydroxylation sites is 1. The highest BCUT2D eigenvalue weighted by Gasteiger charge is 2.29. The molecule has 0 spiro atoms. The smallest absolute Gasteiger partial charge is 0.123 e. The minimum absolute atomic E-state index is 0.329. The molecule has 0 amide bonds. The lowest BCUT2D eigenvalue weighted by Crippen LogP contribution is -2.41. The van der Waals surface area contributed by atoms with E-state index in [-0.39, 0.29) is 0 Å². The van der Waals surface area contributed by atoms with Gasteiger partial charge in [0, 0.05) is 23.4 Å². The van der Waals surface area contributed by atoms with Crippen molar-refractivity contribution < 1.29 is 4.74 Å². The molecule has 1 N–H and O–H groups in total. The Balaban J connectivity index is 2.02. The van der Waals surface area contributed by atoms with E-state index in [1.807, 2.05) is 12.1 Å². The second kappa shape index (κ2) is 6.19. The predicted molar refractivity (Wildman–Crippen MR) is 84.1 cm³/mol. The zero-order chi connectivity index (χ0) is 13.9. The lowest BCUT2D eigenvalue weighted by molar-refractivity contribution is 0.302. The SMILES string of the molecule is COc1ccccc1C(C)NC1CSCC(C)(C)C1. The van der Waals surface area contributed by atoms with Crippen molar-refractivity contribution in [3.8, 4) is 5.75 Å². The van der Waals surface area contributed by atoms with Gasteiger partial charge in [0.05, 0.1) is 7.11 Å². The first-order chi connectivity index (χ1) is 9.02. The second-order valence-electron chi connectivity index (χ2n) is 6.21. The van der Waals surface area contributed by atoms with Crippen LogP contribution in [0.4, 0.5) is 0 Å². The van der Waals surface area contributed by atoms with Crippen molar-refractivity contribution in [1.29, 1.82) is 0 Å². The van der Waals surface area contributed by atoms with Gasteiger partial charge in [-0.2, -0.15) is 11.8 Å². The number of nitrogens with one attached hydrogen (secondary N) is 1. The van der Waals surface area contributed by atoms with Crippen LogP contribution in [-0.2, 0) is 0 Å². The maximum Gasteiger partial charge on any atom is 0.123 e. The van der Waals surface area contributed by atoms with Crippen molar-refractivity contribution in [3.05, 3.63) is 29.8 Å². The van der Waals surface area contributed by atoms with Gasteiger partial charge in [0.15, 0.2) is 0 Å². The van der Waals surface area contributed by atoms with Crippen molar-refractivity contribution >= 4 is 11.8 Å². The first-order valence-corrected chi connectivity index (χ1v) is 8.14. The van der Waals surface area contributed by atoms with Crippen LogP contribution in [-0.4, -0.2) is 24.7 Å². The summed E-state index contributed by atoms with van der Waals surface area (Å²) in [7, 11) is 1.74. The summed E-state index contributed by atoms with van der Waals surface area (Å²) < 4.78 is 5.45. The molecule has 1 aromatic carbocycles. The van der Waals surface area contributed by atoms with Gasteiger partial charge in [0.1, 0.15) is 5.75 Å². The van der Waals surface area contributed by atoms with Crippen LogP contribution in [0.25, 0.3) is 0 Å². The molecule has 2 atom stereocenters. The van der Waals surface area contributed by atoms with Crippen LogP contribution in [0.2, 0.25) is 0 Å². The van der Waals surface area contributed by atoms with Crippen LogP contribution >= 0.6 is 11.8 Å². The van der Waals surface area contributed by atoms with Gasteiger partial charge in [0.25, 0.3) is 0 Å². The molecule has 1 saturated heterocycles. The highest BCUT2D eigenvalue weighted by atomic mass is 32.2. The standard InChI is InChI=1S/C16H25NOS/c1-12(14-7-5-6-8-15(14)18-4)17-13-9-16(2,3)11-19-10-13/h5-8,12-13,17H,9-11H2,1-4H3. The third kappa shape index (κ3) is 3.90. The van der Waals surface area contributed by atoms with Gasteiger partial charge in [0.2, 0.25) is 0 Å². The predicted octanol–water partition coefficient (Wildman–Crippen LogP) is 3.88. The van der Waals surface area contributed by atoms with E-state index in [9.17, 15) is 0 Å². The first-order valence-electron chi connectivity index (χ1n) is 6.98. The maximum atomic E-state index is 5.45. The Hall–Kier alpha value is -0.670. The molecule has 1 fully saturated rings. The number of thioether (sulfide) groups is 1. The normalized spacial score (nSPS) is 23.9. The van der Waals surface area contributed by atoms with E-state index in [0.29, 0.717) is 17.5 Å². The van der Waals surface area contributed by atoms with Gasteiger partial charge in [-0.25, -0.2) is 0 Å².